The molecule has 176 valence electrons. The maximum Gasteiger partial charge on any atom is 0.267 e. The van der Waals surface area contributed by atoms with Gasteiger partial charge in [-0.1, -0.05) is 42.1 Å². The first-order valence-corrected chi connectivity index (χ1v) is 11.8. The number of rotatable bonds is 6. The van der Waals surface area contributed by atoms with Crippen molar-refractivity contribution in [1.82, 2.24) is 19.2 Å². The summed E-state index contributed by atoms with van der Waals surface area (Å²) in [6.07, 6.45) is 0. The predicted molar refractivity (Wildman–Crippen MR) is 134 cm³/mol. The number of aromatic nitrogens is 4. The molecule has 5 aromatic rings. The van der Waals surface area contributed by atoms with Gasteiger partial charge in [-0.3, -0.25) is 14.0 Å². The van der Waals surface area contributed by atoms with Gasteiger partial charge in [-0.25, -0.2) is 8.96 Å². The van der Waals surface area contributed by atoms with Crippen LogP contribution in [0.4, 0.5) is 4.39 Å². The number of hydrogen-bond acceptors (Lipinski definition) is 6. The number of ether oxygens (including phenoxy) is 1. The predicted octanol–water partition coefficient (Wildman–Crippen LogP) is 4.77. The molecule has 0 saturated heterocycles. The molecule has 0 saturated carbocycles. The second-order valence-corrected chi connectivity index (χ2v) is 9.02. The van der Waals surface area contributed by atoms with Crippen LogP contribution in [0.1, 0.15) is 21.5 Å². The van der Waals surface area contributed by atoms with Gasteiger partial charge in [0.05, 0.1) is 29.5 Å². The first-order valence-electron chi connectivity index (χ1n) is 10.9. The van der Waals surface area contributed by atoms with Crippen LogP contribution in [0.5, 0.6) is 5.75 Å². The largest absolute Gasteiger partial charge is 0.494 e. The number of halogens is 1. The average molecular weight is 489 g/mol. The van der Waals surface area contributed by atoms with Crippen LogP contribution in [0.3, 0.4) is 0 Å². The Balaban J connectivity index is 1.62. The zero-order valence-electron chi connectivity index (χ0n) is 19.3. The fourth-order valence-electron chi connectivity index (χ4n) is 4.19. The lowest BCUT2D eigenvalue weighted by Crippen LogP contribution is -2.23. The minimum absolute atomic E-state index is 0.0173. The lowest BCUT2D eigenvalue weighted by molar-refractivity contribution is 0.102. The van der Waals surface area contributed by atoms with Gasteiger partial charge in [0.2, 0.25) is 5.78 Å². The Morgan fingerprint density at radius 3 is 2.49 bits per heavy atom. The summed E-state index contributed by atoms with van der Waals surface area (Å²) in [6.45, 7) is 3.89. The molecule has 0 spiro atoms. The summed E-state index contributed by atoms with van der Waals surface area (Å²) in [6, 6.07) is 17.2. The van der Waals surface area contributed by atoms with Gasteiger partial charge in [0.1, 0.15) is 0 Å². The van der Waals surface area contributed by atoms with Gasteiger partial charge < -0.3 is 4.74 Å². The Hall–Kier alpha value is -3.98. The van der Waals surface area contributed by atoms with Gasteiger partial charge >= 0.3 is 0 Å². The molecule has 0 aliphatic rings. The fraction of sp³-hybridized carbons (Fsp3) is 0.154. The third kappa shape index (κ3) is 3.87. The number of methoxy groups -OCH3 is 1. The normalized spacial score (nSPS) is 11.3. The third-order valence-electron chi connectivity index (χ3n) is 5.86. The minimum Gasteiger partial charge on any atom is -0.494 e. The van der Waals surface area contributed by atoms with Crippen molar-refractivity contribution in [3.63, 3.8) is 0 Å². The molecular formula is C26H21FN4O3S. The zero-order chi connectivity index (χ0) is 24.7. The lowest BCUT2D eigenvalue weighted by atomic mass is 10.1. The summed E-state index contributed by atoms with van der Waals surface area (Å²) in [4.78, 5) is 26.3. The number of para-hydroxylation sites is 2. The molecule has 0 radical (unpaired) electrons. The smallest absolute Gasteiger partial charge is 0.267 e. The molecule has 0 aliphatic heterocycles. The summed E-state index contributed by atoms with van der Waals surface area (Å²) in [5, 5.41) is 9.62. The number of aryl methyl sites for hydroxylation is 2. The van der Waals surface area contributed by atoms with Crippen LogP contribution >= 0.6 is 11.8 Å². The number of nitrogens with zero attached hydrogens (tertiary/aromatic N) is 4. The van der Waals surface area contributed by atoms with Gasteiger partial charge in [0, 0.05) is 5.56 Å². The second kappa shape index (κ2) is 8.99. The fourth-order valence-corrected chi connectivity index (χ4v) is 5.02. The number of hydrogen-bond donors (Lipinski definition) is 0. The first kappa shape index (κ1) is 22.8. The Kier molecular flexibility index (Phi) is 5.86. The molecule has 5 rings (SSSR count). The molecule has 0 unspecified atom stereocenters. The maximum atomic E-state index is 14.1. The highest BCUT2D eigenvalue weighted by atomic mass is 32.2. The van der Waals surface area contributed by atoms with Crippen LogP contribution in [0.15, 0.2) is 70.6 Å². The Morgan fingerprint density at radius 1 is 1.03 bits per heavy atom. The first-order chi connectivity index (χ1) is 16.9. The van der Waals surface area contributed by atoms with Crippen molar-refractivity contribution < 1.29 is 13.9 Å². The molecule has 0 amide bonds. The van der Waals surface area contributed by atoms with E-state index in [4.69, 9.17) is 4.74 Å². The van der Waals surface area contributed by atoms with Crippen LogP contribution in [0.25, 0.3) is 22.4 Å². The lowest BCUT2D eigenvalue weighted by Gasteiger charge is -2.15. The van der Waals surface area contributed by atoms with Gasteiger partial charge in [0.15, 0.2) is 22.5 Å². The number of carbonyl (C=O) groups is 1. The van der Waals surface area contributed by atoms with Crippen molar-refractivity contribution in [2.45, 2.75) is 19.0 Å². The van der Waals surface area contributed by atoms with Gasteiger partial charge in [-0.2, -0.15) is 0 Å². The van der Waals surface area contributed by atoms with Crippen molar-refractivity contribution in [3.8, 4) is 11.4 Å². The summed E-state index contributed by atoms with van der Waals surface area (Å²) in [7, 11) is 1.37. The Morgan fingerprint density at radius 2 is 1.77 bits per heavy atom. The molecule has 0 fully saturated rings. The van der Waals surface area contributed by atoms with Crippen molar-refractivity contribution in [2.75, 3.05) is 12.9 Å². The van der Waals surface area contributed by atoms with E-state index < -0.39 is 5.82 Å². The highest BCUT2D eigenvalue weighted by Gasteiger charge is 2.21. The van der Waals surface area contributed by atoms with E-state index in [-0.39, 0.29) is 28.4 Å². The van der Waals surface area contributed by atoms with Crippen LogP contribution in [-0.4, -0.2) is 37.8 Å². The van der Waals surface area contributed by atoms with Crippen molar-refractivity contribution in [1.29, 1.82) is 0 Å². The van der Waals surface area contributed by atoms with Crippen LogP contribution in [-0.2, 0) is 0 Å². The molecule has 0 atom stereocenters. The minimum atomic E-state index is -0.597. The number of carbonyl (C=O) groups excluding carboxylic acids is 1. The summed E-state index contributed by atoms with van der Waals surface area (Å²) >= 11 is 1.18. The molecule has 2 aromatic heterocycles. The highest BCUT2D eigenvalue weighted by molar-refractivity contribution is 7.99. The van der Waals surface area contributed by atoms with E-state index in [9.17, 15) is 14.0 Å². The van der Waals surface area contributed by atoms with Crippen molar-refractivity contribution in [3.05, 3.63) is 93.5 Å². The summed E-state index contributed by atoms with van der Waals surface area (Å²) in [5.41, 5.74) is 3.30. The maximum absolute atomic E-state index is 14.1. The number of fused-ring (bicyclic) bond motifs is 3. The Bertz CT molecular complexity index is 1660. The van der Waals surface area contributed by atoms with E-state index in [2.05, 4.69) is 10.2 Å². The van der Waals surface area contributed by atoms with E-state index in [1.54, 1.807) is 15.0 Å². The molecule has 7 nitrogen and oxygen atoms in total. The molecular weight excluding hydrogens is 467 g/mol. The van der Waals surface area contributed by atoms with Crippen molar-refractivity contribution in [2.24, 2.45) is 0 Å². The molecule has 0 N–H and O–H groups in total. The van der Waals surface area contributed by atoms with E-state index in [0.29, 0.717) is 21.8 Å². The van der Waals surface area contributed by atoms with E-state index in [1.807, 2.05) is 50.2 Å². The van der Waals surface area contributed by atoms with Crippen LogP contribution in [0.2, 0.25) is 0 Å². The van der Waals surface area contributed by atoms with Crippen molar-refractivity contribution >= 4 is 34.2 Å². The average Bonchev–Trinajstić information content (AvgIpc) is 3.28. The highest BCUT2D eigenvalue weighted by Crippen LogP contribution is 2.26. The summed E-state index contributed by atoms with van der Waals surface area (Å²) in [5.74, 6) is -0.408. The number of ketones is 1. The number of Topliss-reactive ketones (excluding diaryl/α,β-unsaturated/α-hetero) is 1. The van der Waals surface area contributed by atoms with E-state index in [0.717, 1.165) is 22.9 Å². The van der Waals surface area contributed by atoms with Gasteiger partial charge in [0.25, 0.3) is 5.56 Å². The monoisotopic (exact) mass is 488 g/mol. The molecule has 35 heavy (non-hydrogen) atoms. The number of thioether (sulfide) groups is 1. The molecule has 0 aliphatic carbocycles. The van der Waals surface area contributed by atoms with Gasteiger partial charge in [-0.05, 0) is 55.3 Å². The molecule has 9 heteroatoms. The van der Waals surface area contributed by atoms with Crippen LogP contribution < -0.4 is 10.3 Å². The zero-order valence-corrected chi connectivity index (χ0v) is 20.1. The third-order valence-corrected chi connectivity index (χ3v) is 6.79. The number of benzene rings is 3. The standard InChI is InChI=1S/C26H21FN4O3S/c1-15-7-6-8-16(2)23(15)31-24(33)18-9-4-5-10-20(18)30-25(31)28-29-26(30)35-14-21(32)17-11-12-22(34-3)19(27)13-17/h4-13H,14H2,1-3H3. The van der Waals surface area contributed by atoms with Gasteiger partial charge in [-0.15, -0.1) is 10.2 Å². The quantitative estimate of drug-likeness (QED) is 0.253. The molecule has 3 aromatic carbocycles. The summed E-state index contributed by atoms with van der Waals surface area (Å²) < 4.78 is 22.4. The molecule has 2 heterocycles. The van der Waals surface area contributed by atoms with E-state index >= 15 is 0 Å². The Labute approximate surface area is 204 Å². The topological polar surface area (TPSA) is 78.5 Å². The van der Waals surface area contributed by atoms with Crippen LogP contribution in [0, 0.1) is 19.7 Å². The molecule has 0 bridgehead atoms. The second-order valence-electron chi connectivity index (χ2n) is 8.08. The van der Waals surface area contributed by atoms with E-state index in [1.165, 1.54) is 31.0 Å². The SMILES string of the molecule is COc1ccc(C(=O)CSc2nnc3n(-c4c(C)cccc4C)c(=O)c4ccccc4n23)cc1F.